The molecule has 0 bridgehead atoms. The SMILES string of the molecule is CN1CCc2cc(Cl)c(NC(=O)C(C)(C)O)cc2[C@H]2c3ccccc3CC[C@@H]21. The minimum Gasteiger partial charge on any atom is -0.381 e. The fourth-order valence-corrected chi connectivity index (χ4v) is 4.80. The Bertz CT molecular complexity index is 919. The molecule has 0 unspecified atom stereocenters. The van der Waals surface area contributed by atoms with Crippen molar-refractivity contribution >= 4 is 23.2 Å². The van der Waals surface area contributed by atoms with Crippen molar-refractivity contribution in [1.82, 2.24) is 4.90 Å². The van der Waals surface area contributed by atoms with Crippen LogP contribution >= 0.6 is 11.6 Å². The van der Waals surface area contributed by atoms with Crippen molar-refractivity contribution in [2.45, 2.75) is 50.7 Å². The third kappa shape index (κ3) is 3.45. The molecule has 0 aromatic heterocycles. The van der Waals surface area contributed by atoms with Gasteiger partial charge in [-0.2, -0.15) is 0 Å². The number of nitrogens with zero attached hydrogens (tertiary/aromatic N) is 1. The van der Waals surface area contributed by atoms with Gasteiger partial charge in [0.15, 0.2) is 0 Å². The van der Waals surface area contributed by atoms with Crippen molar-refractivity contribution in [2.75, 3.05) is 18.9 Å². The van der Waals surface area contributed by atoms with Crippen LogP contribution in [0.25, 0.3) is 0 Å². The summed E-state index contributed by atoms with van der Waals surface area (Å²) in [5.41, 5.74) is 4.35. The minimum absolute atomic E-state index is 0.252. The first-order valence-corrected chi connectivity index (χ1v) is 10.3. The molecule has 2 aromatic carbocycles. The standard InChI is InChI=1S/C23H27ClN2O2/c1-23(2,28)22(27)25-19-13-17-15(12-18(19)24)10-11-26(3)20-9-8-14-6-4-5-7-16(14)21(17)20/h4-7,12-13,20-21,28H,8-11H2,1-3H3,(H,25,27)/t20-,21+/m0/s1. The first kappa shape index (κ1) is 19.4. The van der Waals surface area contributed by atoms with Gasteiger partial charge < -0.3 is 15.3 Å². The summed E-state index contributed by atoms with van der Waals surface area (Å²) in [6.07, 6.45) is 3.14. The summed E-state index contributed by atoms with van der Waals surface area (Å²) in [5.74, 6) is -0.205. The number of hydrogen-bond acceptors (Lipinski definition) is 3. The average molecular weight is 399 g/mol. The number of carbonyl (C=O) groups is 1. The van der Waals surface area contributed by atoms with Crippen molar-refractivity contribution in [3.05, 3.63) is 63.7 Å². The molecule has 148 valence electrons. The Morgan fingerprint density at radius 3 is 2.68 bits per heavy atom. The van der Waals surface area contributed by atoms with E-state index in [1.807, 2.05) is 12.1 Å². The van der Waals surface area contributed by atoms with Crippen molar-refractivity contribution < 1.29 is 9.90 Å². The maximum absolute atomic E-state index is 12.3. The molecular weight excluding hydrogens is 372 g/mol. The maximum atomic E-state index is 12.3. The molecule has 2 aromatic rings. The van der Waals surface area contributed by atoms with Gasteiger partial charge in [0.1, 0.15) is 5.60 Å². The van der Waals surface area contributed by atoms with Gasteiger partial charge in [-0.25, -0.2) is 0 Å². The Morgan fingerprint density at radius 1 is 1.18 bits per heavy atom. The monoisotopic (exact) mass is 398 g/mol. The number of hydrogen-bond donors (Lipinski definition) is 2. The van der Waals surface area contributed by atoms with Crippen LogP contribution in [0.5, 0.6) is 0 Å². The predicted molar refractivity (Wildman–Crippen MR) is 113 cm³/mol. The second kappa shape index (κ2) is 7.18. The minimum atomic E-state index is -1.46. The summed E-state index contributed by atoms with van der Waals surface area (Å²) < 4.78 is 0. The zero-order valence-corrected chi connectivity index (χ0v) is 17.4. The summed E-state index contributed by atoms with van der Waals surface area (Å²) in [6.45, 7) is 3.94. The summed E-state index contributed by atoms with van der Waals surface area (Å²) in [7, 11) is 2.20. The van der Waals surface area contributed by atoms with Crippen molar-refractivity contribution in [3.8, 4) is 0 Å². The lowest BCUT2D eigenvalue weighted by Gasteiger charge is -2.38. The third-order valence-electron chi connectivity index (χ3n) is 6.15. The lowest BCUT2D eigenvalue weighted by Crippen LogP contribution is -2.39. The number of halogens is 1. The van der Waals surface area contributed by atoms with E-state index in [2.05, 4.69) is 41.5 Å². The van der Waals surface area contributed by atoms with Crippen LogP contribution in [0.2, 0.25) is 5.02 Å². The maximum Gasteiger partial charge on any atom is 0.255 e. The van der Waals surface area contributed by atoms with Crippen LogP contribution in [0.1, 0.15) is 48.4 Å². The normalized spacial score (nSPS) is 21.9. The number of carbonyl (C=O) groups excluding carboxylic acids is 1. The number of fused-ring (bicyclic) bond motifs is 5. The molecule has 2 aliphatic rings. The van der Waals surface area contributed by atoms with Crippen molar-refractivity contribution in [1.29, 1.82) is 0 Å². The van der Waals surface area contributed by atoms with Crippen LogP contribution < -0.4 is 5.32 Å². The number of rotatable bonds is 2. The second-order valence-corrected chi connectivity index (χ2v) is 8.96. The Kier molecular flexibility index (Phi) is 4.98. The molecule has 4 nitrogen and oxygen atoms in total. The van der Waals surface area contributed by atoms with E-state index in [-0.39, 0.29) is 5.92 Å². The lowest BCUT2D eigenvalue weighted by molar-refractivity contribution is -0.130. The number of anilines is 1. The smallest absolute Gasteiger partial charge is 0.255 e. The van der Waals surface area contributed by atoms with E-state index >= 15 is 0 Å². The molecule has 4 rings (SSSR count). The highest BCUT2D eigenvalue weighted by Gasteiger charge is 2.37. The Morgan fingerprint density at radius 2 is 1.93 bits per heavy atom. The van der Waals surface area contributed by atoms with Crippen LogP contribution in [0.15, 0.2) is 36.4 Å². The number of amides is 1. The van der Waals surface area contributed by atoms with E-state index in [9.17, 15) is 9.90 Å². The second-order valence-electron chi connectivity index (χ2n) is 8.56. The number of aryl methyl sites for hydroxylation is 1. The van der Waals surface area contributed by atoms with Crippen LogP contribution in [0.4, 0.5) is 5.69 Å². The molecule has 1 aliphatic carbocycles. The topological polar surface area (TPSA) is 52.6 Å². The van der Waals surface area contributed by atoms with Gasteiger partial charge in [-0.1, -0.05) is 35.9 Å². The number of benzene rings is 2. The summed E-state index contributed by atoms with van der Waals surface area (Å²) >= 11 is 6.51. The Balaban J connectivity index is 1.83. The fraction of sp³-hybridized carbons (Fsp3) is 0.435. The van der Waals surface area contributed by atoms with Gasteiger partial charge in [-0.15, -0.1) is 0 Å². The predicted octanol–water partition coefficient (Wildman–Crippen LogP) is 3.98. The van der Waals surface area contributed by atoms with Crippen molar-refractivity contribution in [3.63, 3.8) is 0 Å². The molecule has 0 radical (unpaired) electrons. The molecule has 5 heteroatoms. The highest BCUT2D eigenvalue weighted by Crippen LogP contribution is 2.44. The van der Waals surface area contributed by atoms with Gasteiger partial charge in [0, 0.05) is 18.5 Å². The molecule has 1 aliphatic heterocycles. The molecule has 0 saturated carbocycles. The van der Waals surface area contributed by atoms with E-state index < -0.39 is 11.5 Å². The van der Waals surface area contributed by atoms with E-state index in [1.54, 1.807) is 0 Å². The molecule has 0 saturated heterocycles. The molecule has 1 amide bonds. The number of aliphatic hydroxyl groups is 1. The first-order valence-electron chi connectivity index (χ1n) is 9.90. The van der Waals surface area contributed by atoms with Crippen molar-refractivity contribution in [2.24, 2.45) is 0 Å². The van der Waals surface area contributed by atoms with E-state index in [0.29, 0.717) is 16.8 Å². The van der Waals surface area contributed by atoms with Gasteiger partial charge in [0.2, 0.25) is 0 Å². The summed E-state index contributed by atoms with van der Waals surface area (Å²) in [5, 5.41) is 13.3. The van der Waals surface area contributed by atoms with Gasteiger partial charge in [0.25, 0.3) is 5.91 Å². The quantitative estimate of drug-likeness (QED) is 0.804. The fourth-order valence-electron chi connectivity index (χ4n) is 4.56. The molecule has 2 atom stereocenters. The van der Waals surface area contributed by atoms with Crippen LogP contribution in [-0.4, -0.2) is 41.1 Å². The molecular formula is C23H27ClN2O2. The number of nitrogens with one attached hydrogen (secondary N) is 1. The molecule has 1 heterocycles. The molecule has 28 heavy (non-hydrogen) atoms. The van der Waals surface area contributed by atoms with E-state index in [1.165, 1.54) is 36.1 Å². The molecule has 0 fully saturated rings. The van der Waals surface area contributed by atoms with E-state index in [4.69, 9.17) is 11.6 Å². The lowest BCUT2D eigenvalue weighted by atomic mass is 9.74. The van der Waals surface area contributed by atoms with Gasteiger partial charge in [0.05, 0.1) is 10.7 Å². The largest absolute Gasteiger partial charge is 0.381 e. The van der Waals surface area contributed by atoms with Gasteiger partial charge in [-0.05, 0) is 74.5 Å². The highest BCUT2D eigenvalue weighted by atomic mass is 35.5. The van der Waals surface area contributed by atoms with Crippen LogP contribution in [-0.2, 0) is 17.6 Å². The molecule has 0 spiro atoms. The van der Waals surface area contributed by atoms with Gasteiger partial charge >= 0.3 is 0 Å². The van der Waals surface area contributed by atoms with Crippen LogP contribution in [0.3, 0.4) is 0 Å². The average Bonchev–Trinajstić information content (AvgIpc) is 2.78. The molecule has 2 N–H and O–H groups in total. The highest BCUT2D eigenvalue weighted by molar-refractivity contribution is 6.33. The summed E-state index contributed by atoms with van der Waals surface area (Å²) in [4.78, 5) is 14.8. The Hall–Kier alpha value is -1.88. The van der Waals surface area contributed by atoms with E-state index in [0.717, 1.165) is 25.8 Å². The summed E-state index contributed by atoms with van der Waals surface area (Å²) in [6, 6.07) is 13.1. The van der Waals surface area contributed by atoms with Crippen LogP contribution in [0, 0.1) is 0 Å². The van der Waals surface area contributed by atoms with Gasteiger partial charge in [-0.3, -0.25) is 4.79 Å². The zero-order valence-electron chi connectivity index (χ0n) is 16.6. The number of likely N-dealkylation sites (N-methyl/N-ethyl adjacent to an activating group) is 1. The first-order chi connectivity index (χ1) is 13.3. The third-order valence-corrected chi connectivity index (χ3v) is 6.46. The Labute approximate surface area is 171 Å². The zero-order chi connectivity index (χ0) is 20.1.